The topological polar surface area (TPSA) is 28.7 Å². The Bertz CT molecular complexity index is 688. The Morgan fingerprint density at radius 2 is 1.89 bits per heavy atom. The molecule has 0 atom stereocenters. The lowest BCUT2D eigenvalue weighted by molar-refractivity contribution is -0.143. The molecule has 0 amide bonds. The highest BCUT2D eigenvalue weighted by Crippen LogP contribution is 2.33. The molecule has 0 spiro atoms. The molecule has 2 aromatic heterocycles. The van der Waals surface area contributed by atoms with Crippen molar-refractivity contribution in [3.05, 3.63) is 33.3 Å². The summed E-state index contributed by atoms with van der Waals surface area (Å²) in [4.78, 5) is 5.86. The molecule has 0 bridgehead atoms. The first kappa shape index (κ1) is 12.9. The highest BCUT2D eigenvalue weighted by atomic mass is 32.1. The number of fused-ring (bicyclic) bond motifs is 1. The van der Waals surface area contributed by atoms with Gasteiger partial charge in [-0.25, -0.2) is 9.37 Å². The second-order valence-corrected chi connectivity index (χ2v) is 4.35. The SMILES string of the molecule is Cc1cc2c(C)c(F)c(C(F)(F)F)nc2[nH]c1=S. The van der Waals surface area contributed by atoms with Crippen LogP contribution in [0.1, 0.15) is 16.8 Å². The highest BCUT2D eigenvalue weighted by molar-refractivity contribution is 7.71. The summed E-state index contributed by atoms with van der Waals surface area (Å²) in [7, 11) is 0. The molecule has 18 heavy (non-hydrogen) atoms. The van der Waals surface area contributed by atoms with Gasteiger partial charge in [-0.1, -0.05) is 12.2 Å². The molecule has 0 fully saturated rings. The molecule has 0 aliphatic heterocycles. The van der Waals surface area contributed by atoms with Crippen molar-refractivity contribution in [1.82, 2.24) is 9.97 Å². The number of pyridine rings is 2. The summed E-state index contributed by atoms with van der Waals surface area (Å²) >= 11 is 4.92. The Morgan fingerprint density at radius 3 is 2.44 bits per heavy atom. The Morgan fingerprint density at radius 1 is 1.28 bits per heavy atom. The summed E-state index contributed by atoms with van der Waals surface area (Å²) in [5, 5.41) is 0.298. The molecule has 2 heterocycles. The van der Waals surface area contributed by atoms with Gasteiger partial charge in [0.05, 0.1) is 0 Å². The zero-order valence-electron chi connectivity index (χ0n) is 9.44. The minimum atomic E-state index is -4.83. The molecule has 2 rings (SSSR count). The average molecular weight is 276 g/mol. The van der Waals surface area contributed by atoms with Crippen molar-refractivity contribution < 1.29 is 17.6 Å². The monoisotopic (exact) mass is 276 g/mol. The van der Waals surface area contributed by atoms with E-state index in [1.807, 2.05) is 0 Å². The van der Waals surface area contributed by atoms with Crippen LogP contribution in [-0.4, -0.2) is 9.97 Å². The van der Waals surface area contributed by atoms with Crippen LogP contribution < -0.4 is 0 Å². The maximum absolute atomic E-state index is 13.6. The van der Waals surface area contributed by atoms with Gasteiger partial charge in [-0.15, -0.1) is 0 Å². The molecule has 2 nitrogen and oxygen atoms in total. The molecule has 0 saturated carbocycles. The molecule has 0 aliphatic rings. The summed E-state index contributed by atoms with van der Waals surface area (Å²) in [6.45, 7) is 2.97. The van der Waals surface area contributed by atoms with E-state index in [2.05, 4.69) is 9.97 Å². The first-order valence-corrected chi connectivity index (χ1v) is 5.39. The maximum atomic E-state index is 13.6. The van der Waals surface area contributed by atoms with Gasteiger partial charge < -0.3 is 4.98 Å². The molecule has 0 radical (unpaired) electrons. The van der Waals surface area contributed by atoms with Gasteiger partial charge >= 0.3 is 6.18 Å². The number of aryl methyl sites for hydroxylation is 2. The molecule has 7 heteroatoms. The van der Waals surface area contributed by atoms with Crippen LogP contribution in [0.2, 0.25) is 0 Å². The van der Waals surface area contributed by atoms with Crippen molar-refractivity contribution in [2.24, 2.45) is 0 Å². The predicted molar refractivity (Wildman–Crippen MR) is 61.4 cm³/mol. The number of rotatable bonds is 0. The van der Waals surface area contributed by atoms with Crippen molar-refractivity contribution >= 4 is 23.3 Å². The number of halogens is 4. The predicted octanol–water partition coefficient (Wildman–Crippen LogP) is 4.07. The van der Waals surface area contributed by atoms with E-state index in [1.54, 1.807) is 6.92 Å². The van der Waals surface area contributed by atoms with Gasteiger partial charge in [-0.3, -0.25) is 0 Å². The smallest absolute Gasteiger partial charge is 0.331 e. The standard InChI is InChI=1S/C11H8F4N2S/c1-4-3-6-5(2)7(12)8(11(13,14)15)16-9(6)17-10(4)18/h3H,1-2H3,(H,16,17,18). The van der Waals surface area contributed by atoms with Crippen LogP contribution in [0, 0.1) is 24.3 Å². The fourth-order valence-corrected chi connectivity index (χ4v) is 1.80. The molecule has 0 unspecified atom stereocenters. The van der Waals surface area contributed by atoms with E-state index in [9.17, 15) is 17.6 Å². The number of hydrogen-bond donors (Lipinski definition) is 1. The number of alkyl halides is 3. The van der Waals surface area contributed by atoms with Crippen molar-refractivity contribution in [1.29, 1.82) is 0 Å². The second kappa shape index (κ2) is 4.01. The molecule has 0 saturated heterocycles. The van der Waals surface area contributed by atoms with E-state index < -0.39 is 17.7 Å². The molecule has 2 aromatic rings. The van der Waals surface area contributed by atoms with Crippen LogP contribution in [0.25, 0.3) is 11.0 Å². The summed E-state index contributed by atoms with van der Waals surface area (Å²) in [5.41, 5.74) is -1.03. The molecule has 1 N–H and O–H groups in total. The number of aromatic nitrogens is 2. The summed E-state index contributed by atoms with van der Waals surface area (Å²) in [6.07, 6.45) is -4.83. The van der Waals surface area contributed by atoms with Gasteiger partial charge in [0, 0.05) is 5.39 Å². The third-order valence-corrected chi connectivity index (χ3v) is 3.06. The first-order valence-electron chi connectivity index (χ1n) is 4.98. The normalized spacial score (nSPS) is 12.1. The van der Waals surface area contributed by atoms with Crippen LogP contribution in [-0.2, 0) is 6.18 Å². The lowest BCUT2D eigenvalue weighted by Gasteiger charge is -2.11. The Hall–Kier alpha value is -1.50. The number of H-pyrrole nitrogens is 1. The third kappa shape index (κ3) is 1.98. The average Bonchev–Trinajstić information content (AvgIpc) is 2.25. The van der Waals surface area contributed by atoms with Gasteiger partial charge in [0.2, 0.25) is 0 Å². The van der Waals surface area contributed by atoms with Gasteiger partial charge in [0.25, 0.3) is 0 Å². The fourth-order valence-electron chi connectivity index (χ4n) is 1.64. The van der Waals surface area contributed by atoms with Crippen LogP contribution in [0.4, 0.5) is 17.6 Å². The minimum Gasteiger partial charge on any atom is -0.331 e. The van der Waals surface area contributed by atoms with E-state index in [0.29, 0.717) is 10.9 Å². The third-order valence-electron chi connectivity index (χ3n) is 2.64. The molecule has 0 aromatic carbocycles. The van der Waals surface area contributed by atoms with E-state index in [4.69, 9.17) is 12.2 Å². The fraction of sp³-hybridized carbons (Fsp3) is 0.273. The Kier molecular flexibility index (Phi) is 2.89. The number of aromatic amines is 1. The van der Waals surface area contributed by atoms with Crippen molar-refractivity contribution in [2.45, 2.75) is 20.0 Å². The van der Waals surface area contributed by atoms with E-state index in [1.165, 1.54) is 13.0 Å². The summed E-state index contributed by atoms with van der Waals surface area (Å²) < 4.78 is 51.7. The zero-order valence-corrected chi connectivity index (χ0v) is 10.3. The van der Waals surface area contributed by atoms with E-state index in [0.717, 1.165) is 0 Å². The van der Waals surface area contributed by atoms with Crippen LogP contribution in [0.3, 0.4) is 0 Å². The van der Waals surface area contributed by atoms with E-state index >= 15 is 0 Å². The van der Waals surface area contributed by atoms with Crippen LogP contribution in [0.5, 0.6) is 0 Å². The zero-order chi connectivity index (χ0) is 13.7. The molecule has 96 valence electrons. The molecule has 0 aliphatic carbocycles. The van der Waals surface area contributed by atoms with Crippen LogP contribution in [0.15, 0.2) is 6.07 Å². The summed E-state index contributed by atoms with van der Waals surface area (Å²) in [5.74, 6) is -1.35. The molecular weight excluding hydrogens is 268 g/mol. The highest BCUT2D eigenvalue weighted by Gasteiger charge is 2.37. The summed E-state index contributed by atoms with van der Waals surface area (Å²) in [6, 6.07) is 1.53. The quantitative estimate of drug-likeness (QED) is 0.580. The van der Waals surface area contributed by atoms with Gasteiger partial charge in [0.1, 0.15) is 10.3 Å². The molecular formula is C11H8F4N2S. The van der Waals surface area contributed by atoms with E-state index in [-0.39, 0.29) is 15.9 Å². The maximum Gasteiger partial charge on any atom is 0.436 e. The van der Waals surface area contributed by atoms with Crippen molar-refractivity contribution in [3.8, 4) is 0 Å². The number of hydrogen-bond acceptors (Lipinski definition) is 2. The van der Waals surface area contributed by atoms with Gasteiger partial charge in [0.15, 0.2) is 11.5 Å². The number of nitrogens with one attached hydrogen (secondary N) is 1. The Labute approximate surface area is 105 Å². The lowest BCUT2D eigenvalue weighted by atomic mass is 10.1. The van der Waals surface area contributed by atoms with Gasteiger partial charge in [-0.2, -0.15) is 13.2 Å². The van der Waals surface area contributed by atoms with Crippen molar-refractivity contribution in [3.63, 3.8) is 0 Å². The lowest BCUT2D eigenvalue weighted by Crippen LogP contribution is -2.13. The Balaban J connectivity index is 2.93. The van der Waals surface area contributed by atoms with Crippen molar-refractivity contribution in [2.75, 3.05) is 0 Å². The first-order chi connectivity index (χ1) is 8.21. The van der Waals surface area contributed by atoms with Crippen LogP contribution >= 0.6 is 12.2 Å². The second-order valence-electron chi connectivity index (χ2n) is 3.94. The largest absolute Gasteiger partial charge is 0.436 e. The number of nitrogens with zero attached hydrogens (tertiary/aromatic N) is 1. The van der Waals surface area contributed by atoms with Gasteiger partial charge in [-0.05, 0) is 31.0 Å². The minimum absolute atomic E-state index is 0.0585.